The van der Waals surface area contributed by atoms with Gasteiger partial charge in [-0.3, -0.25) is 4.79 Å². The second kappa shape index (κ2) is 7.82. The monoisotopic (exact) mass is 370 g/mol. The highest BCUT2D eigenvalue weighted by molar-refractivity contribution is 7.99. The number of hydrogen-bond acceptors (Lipinski definition) is 4. The summed E-state index contributed by atoms with van der Waals surface area (Å²) in [6, 6.07) is 8.74. The third kappa shape index (κ3) is 3.52. The van der Waals surface area contributed by atoms with Crippen molar-refractivity contribution in [3.8, 4) is 0 Å². The molecule has 4 rings (SSSR count). The first-order valence-corrected chi connectivity index (χ1v) is 10.6. The summed E-state index contributed by atoms with van der Waals surface area (Å²) in [6.45, 7) is 0.977. The van der Waals surface area contributed by atoms with E-state index in [1.807, 2.05) is 11.9 Å². The molecular formula is C20H26N4OS. The molecule has 5 nitrogen and oxygen atoms in total. The maximum absolute atomic E-state index is 12.8. The predicted octanol–water partition coefficient (Wildman–Crippen LogP) is 3.63. The summed E-state index contributed by atoms with van der Waals surface area (Å²) < 4.78 is 2.21. The lowest BCUT2D eigenvalue weighted by atomic mass is 9.87. The van der Waals surface area contributed by atoms with Crippen molar-refractivity contribution in [3.05, 3.63) is 41.2 Å². The van der Waals surface area contributed by atoms with Gasteiger partial charge >= 0.3 is 0 Å². The highest BCUT2D eigenvalue weighted by atomic mass is 32.2. The molecule has 2 heterocycles. The number of thioether (sulfide) groups is 1. The molecule has 0 bridgehead atoms. The van der Waals surface area contributed by atoms with Gasteiger partial charge in [-0.05, 0) is 43.2 Å². The molecule has 26 heavy (non-hydrogen) atoms. The molecule has 1 amide bonds. The number of fused-ring (bicyclic) bond motifs is 2. The molecule has 0 spiro atoms. The molecule has 0 saturated heterocycles. The van der Waals surface area contributed by atoms with Crippen LogP contribution in [0.5, 0.6) is 0 Å². The summed E-state index contributed by atoms with van der Waals surface area (Å²) in [5.74, 6) is 1.67. The summed E-state index contributed by atoms with van der Waals surface area (Å²) in [7, 11) is 1.94. The van der Waals surface area contributed by atoms with Crippen LogP contribution in [-0.4, -0.2) is 38.4 Å². The number of aromatic nitrogens is 3. The third-order valence-electron chi connectivity index (χ3n) is 5.60. The molecule has 1 aliphatic carbocycles. The molecule has 0 N–H and O–H groups in total. The zero-order chi connectivity index (χ0) is 17.9. The van der Waals surface area contributed by atoms with E-state index >= 15 is 0 Å². The van der Waals surface area contributed by atoms with Gasteiger partial charge in [-0.25, -0.2) is 0 Å². The van der Waals surface area contributed by atoms with Gasteiger partial charge in [0.1, 0.15) is 5.82 Å². The van der Waals surface area contributed by atoms with Crippen molar-refractivity contribution < 1.29 is 4.79 Å². The van der Waals surface area contributed by atoms with Crippen LogP contribution in [0, 0.1) is 0 Å². The Morgan fingerprint density at radius 3 is 3.00 bits per heavy atom. The van der Waals surface area contributed by atoms with Crippen LogP contribution >= 0.6 is 11.8 Å². The van der Waals surface area contributed by atoms with Crippen molar-refractivity contribution >= 4 is 17.7 Å². The van der Waals surface area contributed by atoms with Gasteiger partial charge in [-0.1, -0.05) is 42.4 Å². The van der Waals surface area contributed by atoms with Crippen LogP contribution in [0.25, 0.3) is 0 Å². The number of aryl methyl sites for hydroxylation is 2. The van der Waals surface area contributed by atoms with Gasteiger partial charge in [0.2, 0.25) is 5.91 Å². The van der Waals surface area contributed by atoms with E-state index in [0.717, 1.165) is 43.2 Å². The highest BCUT2D eigenvalue weighted by Crippen LogP contribution is 2.34. The predicted molar refractivity (Wildman–Crippen MR) is 103 cm³/mol. The molecule has 0 unspecified atom stereocenters. The first-order valence-electron chi connectivity index (χ1n) is 9.62. The third-order valence-corrected chi connectivity index (χ3v) is 6.55. The SMILES string of the molecule is CN(C(=O)CSc1nnc2n1CCCCC2)[C@H]1CCCc2ccccc21. The maximum atomic E-state index is 12.8. The minimum atomic E-state index is 0.169. The largest absolute Gasteiger partial charge is 0.338 e. The first kappa shape index (κ1) is 17.6. The van der Waals surface area contributed by atoms with Crippen LogP contribution in [0.1, 0.15) is 55.1 Å². The Kier molecular flexibility index (Phi) is 5.29. The topological polar surface area (TPSA) is 51.0 Å². The average molecular weight is 371 g/mol. The molecule has 0 fully saturated rings. The minimum Gasteiger partial charge on any atom is -0.338 e. The first-order chi connectivity index (χ1) is 12.7. The molecular weight excluding hydrogens is 344 g/mol. The maximum Gasteiger partial charge on any atom is 0.233 e. The molecule has 1 atom stereocenters. The summed E-state index contributed by atoms with van der Waals surface area (Å²) in [5.41, 5.74) is 2.70. The van der Waals surface area contributed by atoms with Crippen LogP contribution in [-0.2, 0) is 24.2 Å². The molecule has 2 aliphatic rings. The van der Waals surface area contributed by atoms with Gasteiger partial charge in [0.15, 0.2) is 5.16 Å². The van der Waals surface area contributed by atoms with Gasteiger partial charge in [-0.2, -0.15) is 0 Å². The second-order valence-corrected chi connectivity index (χ2v) is 8.20. The molecule has 1 aromatic heterocycles. The lowest BCUT2D eigenvalue weighted by Crippen LogP contribution is -2.34. The number of rotatable bonds is 4. The number of hydrogen-bond donors (Lipinski definition) is 0. The van der Waals surface area contributed by atoms with Crippen molar-refractivity contribution in [2.45, 2.75) is 62.7 Å². The van der Waals surface area contributed by atoms with E-state index in [1.54, 1.807) is 0 Å². The zero-order valence-corrected chi connectivity index (χ0v) is 16.2. The van der Waals surface area contributed by atoms with Gasteiger partial charge in [-0.15, -0.1) is 10.2 Å². The van der Waals surface area contributed by atoms with E-state index in [0.29, 0.717) is 5.75 Å². The van der Waals surface area contributed by atoms with E-state index in [2.05, 4.69) is 39.0 Å². The highest BCUT2D eigenvalue weighted by Gasteiger charge is 2.27. The molecule has 6 heteroatoms. The standard InChI is InChI=1S/C20H26N4OS/c1-23(17-11-7-9-15-8-4-5-10-16(15)17)19(25)14-26-20-22-21-18-12-3-2-6-13-24(18)20/h4-5,8,10,17H,2-3,6-7,9,11-14H2,1H3/t17-/m0/s1. The fraction of sp³-hybridized carbons (Fsp3) is 0.550. The summed E-state index contributed by atoms with van der Waals surface area (Å²) in [5, 5.41) is 9.55. The quantitative estimate of drug-likeness (QED) is 0.771. The molecule has 1 aliphatic heterocycles. The summed E-state index contributed by atoms with van der Waals surface area (Å²) in [6.07, 6.45) is 7.91. The Bertz CT molecular complexity index is 788. The second-order valence-electron chi connectivity index (χ2n) is 7.26. The molecule has 0 saturated carbocycles. The normalized spacial score (nSPS) is 19.3. The number of amides is 1. The van der Waals surface area contributed by atoms with Gasteiger partial charge in [0.05, 0.1) is 11.8 Å². The number of nitrogens with zero attached hydrogens (tertiary/aromatic N) is 4. The molecule has 1 aromatic carbocycles. The Hall–Kier alpha value is -1.82. The van der Waals surface area contributed by atoms with Crippen molar-refractivity contribution in [3.63, 3.8) is 0 Å². The van der Waals surface area contributed by atoms with E-state index in [-0.39, 0.29) is 11.9 Å². The van der Waals surface area contributed by atoms with Crippen molar-refractivity contribution in [2.24, 2.45) is 0 Å². The Labute approximate surface area is 159 Å². The van der Waals surface area contributed by atoms with Crippen LogP contribution in [0.3, 0.4) is 0 Å². The van der Waals surface area contributed by atoms with Crippen LogP contribution in [0.2, 0.25) is 0 Å². The van der Waals surface area contributed by atoms with E-state index in [1.165, 1.54) is 42.2 Å². The minimum absolute atomic E-state index is 0.169. The zero-order valence-electron chi connectivity index (χ0n) is 15.4. The van der Waals surface area contributed by atoms with E-state index in [9.17, 15) is 4.79 Å². The van der Waals surface area contributed by atoms with E-state index < -0.39 is 0 Å². The average Bonchev–Trinajstić information content (AvgIpc) is 2.91. The number of benzene rings is 1. The van der Waals surface area contributed by atoms with Crippen LogP contribution < -0.4 is 0 Å². The Balaban J connectivity index is 1.42. The van der Waals surface area contributed by atoms with E-state index in [4.69, 9.17) is 0 Å². The van der Waals surface area contributed by atoms with Crippen LogP contribution in [0.4, 0.5) is 0 Å². The van der Waals surface area contributed by atoms with Crippen molar-refractivity contribution in [1.82, 2.24) is 19.7 Å². The molecule has 0 radical (unpaired) electrons. The lowest BCUT2D eigenvalue weighted by Gasteiger charge is -2.33. The van der Waals surface area contributed by atoms with Crippen molar-refractivity contribution in [2.75, 3.05) is 12.8 Å². The Morgan fingerprint density at radius 2 is 2.08 bits per heavy atom. The van der Waals surface area contributed by atoms with Crippen LogP contribution in [0.15, 0.2) is 29.4 Å². The smallest absolute Gasteiger partial charge is 0.233 e. The Morgan fingerprint density at radius 1 is 1.19 bits per heavy atom. The van der Waals surface area contributed by atoms with Gasteiger partial charge in [0.25, 0.3) is 0 Å². The van der Waals surface area contributed by atoms with Gasteiger partial charge in [0, 0.05) is 20.0 Å². The van der Waals surface area contributed by atoms with Crippen molar-refractivity contribution in [1.29, 1.82) is 0 Å². The number of carbonyl (C=O) groups excluding carboxylic acids is 1. The molecule has 138 valence electrons. The van der Waals surface area contributed by atoms with Gasteiger partial charge < -0.3 is 9.47 Å². The lowest BCUT2D eigenvalue weighted by molar-refractivity contribution is -0.129. The molecule has 2 aromatic rings. The fourth-order valence-electron chi connectivity index (χ4n) is 4.10. The summed E-state index contributed by atoms with van der Waals surface area (Å²) in [4.78, 5) is 14.8. The number of carbonyl (C=O) groups is 1. The summed E-state index contributed by atoms with van der Waals surface area (Å²) >= 11 is 1.53. The fourth-order valence-corrected chi connectivity index (χ4v) is 5.00.